The summed E-state index contributed by atoms with van der Waals surface area (Å²) < 4.78 is 6.83. The molecule has 22 heavy (non-hydrogen) atoms. The standard InChI is InChI=1S/C17H23N3O2/c1-13-12-14(2)20(19-13)16-7-4-15(5-8-16)6-9-17(21)18-10-11-22-3/h4-5,7-8,12H,6,9-11H2,1-3H3,(H,18,21). The summed E-state index contributed by atoms with van der Waals surface area (Å²) in [4.78, 5) is 11.6. The number of nitrogens with one attached hydrogen (secondary N) is 1. The number of hydrogen-bond donors (Lipinski definition) is 1. The molecule has 0 saturated heterocycles. The molecule has 1 aromatic carbocycles. The van der Waals surface area contributed by atoms with Crippen molar-refractivity contribution in [3.05, 3.63) is 47.3 Å². The number of aryl methyl sites for hydroxylation is 3. The number of benzene rings is 1. The minimum Gasteiger partial charge on any atom is -0.383 e. The molecular weight excluding hydrogens is 278 g/mol. The van der Waals surface area contributed by atoms with Crippen LogP contribution in [0.1, 0.15) is 23.4 Å². The molecule has 1 aromatic heterocycles. The van der Waals surface area contributed by atoms with E-state index >= 15 is 0 Å². The van der Waals surface area contributed by atoms with Crippen LogP contribution in [0.15, 0.2) is 30.3 Å². The molecule has 5 heteroatoms. The van der Waals surface area contributed by atoms with E-state index in [1.807, 2.05) is 42.8 Å². The SMILES string of the molecule is COCCNC(=O)CCc1ccc(-n2nc(C)cc2C)cc1. The topological polar surface area (TPSA) is 56.1 Å². The van der Waals surface area contributed by atoms with Gasteiger partial charge in [-0.1, -0.05) is 12.1 Å². The number of rotatable bonds is 7. The first-order valence-electron chi connectivity index (χ1n) is 7.48. The molecule has 0 atom stereocenters. The van der Waals surface area contributed by atoms with Gasteiger partial charge < -0.3 is 10.1 Å². The highest BCUT2D eigenvalue weighted by atomic mass is 16.5. The molecule has 0 radical (unpaired) electrons. The van der Waals surface area contributed by atoms with Crippen molar-refractivity contribution in [2.75, 3.05) is 20.3 Å². The second-order valence-electron chi connectivity index (χ2n) is 5.35. The summed E-state index contributed by atoms with van der Waals surface area (Å²) in [7, 11) is 1.62. The minimum absolute atomic E-state index is 0.0553. The van der Waals surface area contributed by atoms with Crippen molar-refractivity contribution in [1.29, 1.82) is 0 Å². The summed E-state index contributed by atoms with van der Waals surface area (Å²) in [6.07, 6.45) is 1.22. The molecule has 0 bridgehead atoms. The number of ether oxygens (including phenoxy) is 1. The van der Waals surface area contributed by atoms with Crippen molar-refractivity contribution < 1.29 is 9.53 Å². The van der Waals surface area contributed by atoms with E-state index in [2.05, 4.69) is 16.5 Å². The maximum Gasteiger partial charge on any atom is 0.220 e. The van der Waals surface area contributed by atoms with Crippen molar-refractivity contribution in [1.82, 2.24) is 15.1 Å². The molecule has 2 aromatic rings. The molecule has 5 nitrogen and oxygen atoms in total. The third-order valence-electron chi connectivity index (χ3n) is 3.46. The Morgan fingerprint density at radius 2 is 2.00 bits per heavy atom. The summed E-state index contributed by atoms with van der Waals surface area (Å²) in [6, 6.07) is 10.2. The van der Waals surface area contributed by atoms with Gasteiger partial charge in [0.2, 0.25) is 5.91 Å². The molecule has 0 spiro atoms. The van der Waals surface area contributed by atoms with Crippen molar-refractivity contribution in [3.8, 4) is 5.69 Å². The van der Waals surface area contributed by atoms with E-state index in [1.54, 1.807) is 7.11 Å². The third kappa shape index (κ3) is 4.43. The summed E-state index contributed by atoms with van der Waals surface area (Å²) in [5, 5.41) is 7.29. The summed E-state index contributed by atoms with van der Waals surface area (Å²) in [5.41, 5.74) is 4.31. The van der Waals surface area contributed by atoms with Gasteiger partial charge in [-0.2, -0.15) is 5.10 Å². The van der Waals surface area contributed by atoms with Crippen LogP contribution in [0.3, 0.4) is 0 Å². The number of methoxy groups -OCH3 is 1. The number of carbonyl (C=O) groups excluding carboxylic acids is 1. The summed E-state index contributed by atoms with van der Waals surface area (Å²) >= 11 is 0. The first kappa shape index (κ1) is 16.2. The van der Waals surface area contributed by atoms with Gasteiger partial charge in [-0.15, -0.1) is 0 Å². The van der Waals surface area contributed by atoms with Gasteiger partial charge in [0.1, 0.15) is 0 Å². The van der Waals surface area contributed by atoms with Gasteiger partial charge in [0.25, 0.3) is 0 Å². The van der Waals surface area contributed by atoms with E-state index in [0.717, 1.165) is 29.1 Å². The number of aromatic nitrogens is 2. The quantitative estimate of drug-likeness (QED) is 0.798. The monoisotopic (exact) mass is 301 g/mol. The lowest BCUT2D eigenvalue weighted by atomic mass is 10.1. The maximum atomic E-state index is 11.6. The Labute approximate surface area is 131 Å². The Morgan fingerprint density at radius 3 is 2.59 bits per heavy atom. The number of carbonyl (C=O) groups is 1. The molecule has 1 N–H and O–H groups in total. The zero-order chi connectivity index (χ0) is 15.9. The van der Waals surface area contributed by atoms with Gasteiger partial charge in [0.05, 0.1) is 18.0 Å². The fraction of sp³-hybridized carbons (Fsp3) is 0.412. The number of amides is 1. The smallest absolute Gasteiger partial charge is 0.220 e. The van der Waals surface area contributed by atoms with E-state index in [0.29, 0.717) is 19.6 Å². The molecule has 2 rings (SSSR count). The summed E-state index contributed by atoms with van der Waals surface area (Å²) in [5.74, 6) is 0.0553. The Balaban J connectivity index is 1.89. The highest BCUT2D eigenvalue weighted by molar-refractivity contribution is 5.76. The van der Waals surface area contributed by atoms with E-state index in [9.17, 15) is 4.79 Å². The van der Waals surface area contributed by atoms with Gasteiger partial charge in [-0.3, -0.25) is 4.79 Å². The van der Waals surface area contributed by atoms with Crippen LogP contribution in [0.2, 0.25) is 0 Å². The first-order valence-corrected chi connectivity index (χ1v) is 7.48. The molecule has 0 saturated carbocycles. The maximum absolute atomic E-state index is 11.6. The predicted molar refractivity (Wildman–Crippen MR) is 86.2 cm³/mol. The Morgan fingerprint density at radius 1 is 1.27 bits per heavy atom. The second kappa shape index (κ2) is 7.75. The minimum atomic E-state index is 0.0553. The van der Waals surface area contributed by atoms with Crippen molar-refractivity contribution in [2.24, 2.45) is 0 Å². The van der Waals surface area contributed by atoms with E-state index in [4.69, 9.17) is 4.74 Å². The molecular formula is C17H23N3O2. The lowest BCUT2D eigenvalue weighted by molar-refractivity contribution is -0.121. The van der Waals surface area contributed by atoms with E-state index in [-0.39, 0.29) is 5.91 Å². The summed E-state index contributed by atoms with van der Waals surface area (Å²) in [6.45, 7) is 5.13. The molecule has 1 amide bonds. The van der Waals surface area contributed by atoms with Gasteiger partial charge >= 0.3 is 0 Å². The highest BCUT2D eigenvalue weighted by Crippen LogP contribution is 2.13. The van der Waals surface area contributed by atoms with Crippen LogP contribution in [0.4, 0.5) is 0 Å². The van der Waals surface area contributed by atoms with Crippen LogP contribution in [0.5, 0.6) is 0 Å². The zero-order valence-corrected chi connectivity index (χ0v) is 13.4. The number of hydrogen-bond acceptors (Lipinski definition) is 3. The van der Waals surface area contributed by atoms with Gasteiger partial charge in [0.15, 0.2) is 0 Å². The fourth-order valence-electron chi connectivity index (χ4n) is 2.33. The Hall–Kier alpha value is -2.14. The average molecular weight is 301 g/mol. The molecule has 118 valence electrons. The Kier molecular flexibility index (Phi) is 5.72. The second-order valence-corrected chi connectivity index (χ2v) is 5.35. The van der Waals surface area contributed by atoms with Crippen LogP contribution >= 0.6 is 0 Å². The zero-order valence-electron chi connectivity index (χ0n) is 13.4. The van der Waals surface area contributed by atoms with E-state index < -0.39 is 0 Å². The largest absolute Gasteiger partial charge is 0.383 e. The van der Waals surface area contributed by atoms with Crippen molar-refractivity contribution in [3.63, 3.8) is 0 Å². The van der Waals surface area contributed by atoms with Crippen LogP contribution in [0.25, 0.3) is 5.69 Å². The molecule has 1 heterocycles. The highest BCUT2D eigenvalue weighted by Gasteiger charge is 2.05. The van der Waals surface area contributed by atoms with Gasteiger partial charge in [0, 0.05) is 25.8 Å². The lowest BCUT2D eigenvalue weighted by Gasteiger charge is -2.07. The van der Waals surface area contributed by atoms with Crippen molar-refractivity contribution >= 4 is 5.91 Å². The predicted octanol–water partition coefficient (Wildman–Crippen LogP) is 2.18. The van der Waals surface area contributed by atoms with Gasteiger partial charge in [-0.25, -0.2) is 4.68 Å². The van der Waals surface area contributed by atoms with Crippen LogP contribution in [-0.2, 0) is 16.0 Å². The fourth-order valence-corrected chi connectivity index (χ4v) is 2.33. The molecule has 0 aliphatic rings. The third-order valence-corrected chi connectivity index (χ3v) is 3.46. The molecule has 0 aliphatic heterocycles. The van der Waals surface area contributed by atoms with E-state index in [1.165, 1.54) is 0 Å². The van der Waals surface area contributed by atoms with Crippen LogP contribution in [-0.4, -0.2) is 35.9 Å². The van der Waals surface area contributed by atoms with Crippen LogP contribution < -0.4 is 5.32 Å². The van der Waals surface area contributed by atoms with Crippen molar-refractivity contribution in [2.45, 2.75) is 26.7 Å². The first-order chi connectivity index (χ1) is 10.6. The molecule has 0 fully saturated rings. The average Bonchev–Trinajstić information content (AvgIpc) is 2.85. The normalized spacial score (nSPS) is 10.7. The molecule has 0 aliphatic carbocycles. The van der Waals surface area contributed by atoms with Gasteiger partial charge in [-0.05, 0) is 44.0 Å². The molecule has 0 unspecified atom stereocenters. The number of nitrogens with zero attached hydrogens (tertiary/aromatic N) is 2. The Bertz CT molecular complexity index is 617. The lowest BCUT2D eigenvalue weighted by Crippen LogP contribution is -2.27. The van der Waals surface area contributed by atoms with Crippen LogP contribution in [0, 0.1) is 13.8 Å².